The first kappa shape index (κ1) is 16.8. The maximum absolute atomic E-state index is 6.01. The second-order valence-corrected chi connectivity index (χ2v) is 5.74. The van der Waals surface area contributed by atoms with Crippen LogP contribution in [0.15, 0.2) is 18.2 Å². The summed E-state index contributed by atoms with van der Waals surface area (Å²) >= 11 is 11.9. The maximum Gasteiger partial charge on any atom is 0.0595 e. The van der Waals surface area contributed by atoms with Crippen LogP contribution >= 0.6 is 23.2 Å². The first-order valence-corrected chi connectivity index (χ1v) is 7.52. The van der Waals surface area contributed by atoms with Gasteiger partial charge in [0.1, 0.15) is 0 Å². The molecule has 0 aliphatic rings. The highest BCUT2D eigenvalue weighted by Gasteiger charge is 2.04. The minimum absolute atomic E-state index is 0.626. The van der Waals surface area contributed by atoms with Crippen molar-refractivity contribution in [1.82, 2.24) is 5.32 Å². The molecule has 0 saturated carbocycles. The van der Waals surface area contributed by atoms with Gasteiger partial charge in [-0.3, -0.25) is 0 Å². The number of aryl methyl sites for hydroxylation is 1. The molecular weight excluding hydrogens is 281 g/mol. The Labute approximate surface area is 126 Å². The van der Waals surface area contributed by atoms with Gasteiger partial charge < -0.3 is 10.1 Å². The summed E-state index contributed by atoms with van der Waals surface area (Å²) in [5, 5.41) is 4.64. The summed E-state index contributed by atoms with van der Waals surface area (Å²) in [5.74, 6) is 0.699. The third kappa shape index (κ3) is 7.17. The number of halogens is 2. The standard InChI is InChI=1S/C15H23Cl2NO/c1-12(7-8-18-9-10-19-2)3-4-13-5-6-14(16)15(17)11-13/h5-6,11-12,18H,3-4,7-10H2,1-2H3. The fraction of sp³-hybridized carbons (Fsp3) is 0.600. The number of hydrogen-bond acceptors (Lipinski definition) is 2. The molecule has 0 spiro atoms. The normalized spacial score (nSPS) is 12.6. The summed E-state index contributed by atoms with van der Waals surface area (Å²) in [6.07, 6.45) is 3.41. The van der Waals surface area contributed by atoms with Gasteiger partial charge in [-0.1, -0.05) is 36.2 Å². The fourth-order valence-electron chi connectivity index (χ4n) is 1.90. The highest BCUT2D eigenvalue weighted by molar-refractivity contribution is 6.42. The van der Waals surface area contributed by atoms with Crippen molar-refractivity contribution < 1.29 is 4.74 Å². The van der Waals surface area contributed by atoms with Gasteiger partial charge in [0, 0.05) is 13.7 Å². The molecule has 0 aromatic heterocycles. The number of hydrogen-bond donors (Lipinski definition) is 1. The second-order valence-electron chi connectivity index (χ2n) is 4.92. The quantitative estimate of drug-likeness (QED) is 0.691. The zero-order valence-corrected chi connectivity index (χ0v) is 13.2. The lowest BCUT2D eigenvalue weighted by Crippen LogP contribution is -2.21. The molecule has 0 bridgehead atoms. The maximum atomic E-state index is 6.01. The molecule has 2 nitrogen and oxygen atoms in total. The van der Waals surface area contributed by atoms with Crippen molar-refractivity contribution in [3.05, 3.63) is 33.8 Å². The molecule has 0 saturated heterocycles. The summed E-state index contributed by atoms with van der Waals surface area (Å²) in [6.45, 7) is 5.04. The molecule has 19 heavy (non-hydrogen) atoms. The average Bonchev–Trinajstić information content (AvgIpc) is 2.40. The molecule has 1 N–H and O–H groups in total. The van der Waals surface area contributed by atoms with E-state index in [0.29, 0.717) is 16.0 Å². The monoisotopic (exact) mass is 303 g/mol. The molecule has 0 radical (unpaired) electrons. The Morgan fingerprint density at radius 1 is 1.16 bits per heavy atom. The van der Waals surface area contributed by atoms with Gasteiger partial charge in [-0.05, 0) is 49.4 Å². The summed E-state index contributed by atoms with van der Waals surface area (Å²) in [4.78, 5) is 0. The topological polar surface area (TPSA) is 21.3 Å². The number of ether oxygens (including phenoxy) is 1. The van der Waals surface area contributed by atoms with Gasteiger partial charge in [0.2, 0.25) is 0 Å². The lowest BCUT2D eigenvalue weighted by molar-refractivity contribution is 0.199. The minimum atomic E-state index is 0.626. The fourth-order valence-corrected chi connectivity index (χ4v) is 2.22. The van der Waals surface area contributed by atoms with Crippen molar-refractivity contribution in [2.24, 2.45) is 5.92 Å². The highest BCUT2D eigenvalue weighted by Crippen LogP contribution is 2.24. The van der Waals surface area contributed by atoms with E-state index in [2.05, 4.69) is 18.3 Å². The Bertz CT molecular complexity index is 371. The van der Waals surface area contributed by atoms with Crippen LogP contribution in [0.4, 0.5) is 0 Å². The third-order valence-electron chi connectivity index (χ3n) is 3.21. The number of rotatable bonds is 9. The smallest absolute Gasteiger partial charge is 0.0595 e. The van der Waals surface area contributed by atoms with E-state index in [1.54, 1.807) is 7.11 Å². The molecule has 0 aliphatic heterocycles. The van der Waals surface area contributed by atoms with Gasteiger partial charge in [-0.15, -0.1) is 0 Å². The van der Waals surface area contributed by atoms with Crippen molar-refractivity contribution in [1.29, 1.82) is 0 Å². The predicted octanol–water partition coefficient (Wildman–Crippen LogP) is 4.19. The van der Waals surface area contributed by atoms with Crippen LogP contribution in [0.5, 0.6) is 0 Å². The first-order chi connectivity index (χ1) is 9.13. The van der Waals surface area contributed by atoms with E-state index in [-0.39, 0.29) is 0 Å². The molecule has 1 unspecified atom stereocenters. The third-order valence-corrected chi connectivity index (χ3v) is 3.95. The van der Waals surface area contributed by atoms with Crippen molar-refractivity contribution in [3.8, 4) is 0 Å². The van der Waals surface area contributed by atoms with Crippen molar-refractivity contribution >= 4 is 23.2 Å². The predicted molar refractivity (Wildman–Crippen MR) is 83.3 cm³/mol. The van der Waals surface area contributed by atoms with Crippen LogP contribution in [-0.4, -0.2) is 26.8 Å². The molecule has 0 fully saturated rings. The summed E-state index contributed by atoms with van der Waals surface area (Å²) in [7, 11) is 1.72. The van der Waals surface area contributed by atoms with E-state index in [0.717, 1.165) is 26.1 Å². The molecule has 4 heteroatoms. The molecule has 1 atom stereocenters. The number of benzene rings is 1. The second kappa shape index (κ2) is 9.60. The Kier molecular flexibility index (Phi) is 8.47. The zero-order valence-electron chi connectivity index (χ0n) is 11.7. The Balaban J connectivity index is 2.18. The van der Waals surface area contributed by atoms with Crippen LogP contribution in [-0.2, 0) is 11.2 Å². The molecule has 0 aliphatic carbocycles. The Morgan fingerprint density at radius 2 is 1.95 bits per heavy atom. The van der Waals surface area contributed by atoms with Crippen LogP contribution in [0, 0.1) is 5.92 Å². The summed E-state index contributed by atoms with van der Waals surface area (Å²) in [6, 6.07) is 5.89. The minimum Gasteiger partial charge on any atom is -0.383 e. The molecule has 0 heterocycles. The van der Waals surface area contributed by atoms with Gasteiger partial charge in [0.15, 0.2) is 0 Å². The van der Waals surface area contributed by atoms with Crippen LogP contribution < -0.4 is 5.32 Å². The molecule has 108 valence electrons. The summed E-state index contributed by atoms with van der Waals surface area (Å²) in [5.41, 5.74) is 1.26. The number of methoxy groups -OCH3 is 1. The van der Waals surface area contributed by atoms with E-state index in [4.69, 9.17) is 27.9 Å². The van der Waals surface area contributed by atoms with E-state index in [1.165, 1.54) is 18.4 Å². The van der Waals surface area contributed by atoms with Gasteiger partial charge in [-0.25, -0.2) is 0 Å². The van der Waals surface area contributed by atoms with Crippen molar-refractivity contribution in [2.75, 3.05) is 26.8 Å². The van der Waals surface area contributed by atoms with Gasteiger partial charge in [0.25, 0.3) is 0 Å². The highest BCUT2D eigenvalue weighted by atomic mass is 35.5. The van der Waals surface area contributed by atoms with Crippen LogP contribution in [0.3, 0.4) is 0 Å². The molecule has 0 amide bonds. The van der Waals surface area contributed by atoms with E-state index in [1.807, 2.05) is 12.1 Å². The SMILES string of the molecule is COCCNCCC(C)CCc1ccc(Cl)c(Cl)c1. The zero-order chi connectivity index (χ0) is 14.1. The van der Waals surface area contributed by atoms with Gasteiger partial charge in [-0.2, -0.15) is 0 Å². The molecular formula is C15H23Cl2NO. The molecule has 1 aromatic rings. The van der Waals surface area contributed by atoms with Gasteiger partial charge >= 0.3 is 0 Å². The molecule has 1 rings (SSSR count). The lowest BCUT2D eigenvalue weighted by atomic mass is 9.98. The lowest BCUT2D eigenvalue weighted by Gasteiger charge is -2.12. The Hall–Kier alpha value is -0.280. The average molecular weight is 304 g/mol. The van der Waals surface area contributed by atoms with E-state index >= 15 is 0 Å². The summed E-state index contributed by atoms with van der Waals surface area (Å²) < 4.78 is 4.99. The van der Waals surface area contributed by atoms with E-state index < -0.39 is 0 Å². The van der Waals surface area contributed by atoms with Crippen LogP contribution in [0.1, 0.15) is 25.3 Å². The van der Waals surface area contributed by atoms with Gasteiger partial charge in [0.05, 0.1) is 16.7 Å². The van der Waals surface area contributed by atoms with E-state index in [9.17, 15) is 0 Å². The van der Waals surface area contributed by atoms with Crippen LogP contribution in [0.25, 0.3) is 0 Å². The Morgan fingerprint density at radius 3 is 2.63 bits per heavy atom. The largest absolute Gasteiger partial charge is 0.383 e. The molecule has 1 aromatic carbocycles. The first-order valence-electron chi connectivity index (χ1n) is 6.77. The van der Waals surface area contributed by atoms with Crippen molar-refractivity contribution in [2.45, 2.75) is 26.2 Å². The van der Waals surface area contributed by atoms with Crippen molar-refractivity contribution in [3.63, 3.8) is 0 Å². The number of nitrogens with one attached hydrogen (secondary N) is 1. The van der Waals surface area contributed by atoms with Crippen LogP contribution in [0.2, 0.25) is 10.0 Å².